The van der Waals surface area contributed by atoms with Crippen LogP contribution in [-0.2, 0) is 11.2 Å². The first-order valence-electron chi connectivity index (χ1n) is 5.74. The number of hydrogen-bond acceptors (Lipinski definition) is 4. The molecule has 0 atom stereocenters. The van der Waals surface area contributed by atoms with Gasteiger partial charge in [-0.25, -0.2) is 9.59 Å². The molecular weight excluding hydrogens is 224 g/mol. The maximum absolute atomic E-state index is 12.1. The van der Waals surface area contributed by atoms with Gasteiger partial charge in [0.15, 0.2) is 0 Å². The minimum absolute atomic E-state index is 0.289. The molecule has 6 heteroatoms. The highest BCUT2D eigenvalue weighted by molar-refractivity contribution is 5.76. The van der Waals surface area contributed by atoms with Crippen LogP contribution in [-0.4, -0.2) is 42.0 Å². The summed E-state index contributed by atoms with van der Waals surface area (Å²) in [6.45, 7) is 5.70. The summed E-state index contributed by atoms with van der Waals surface area (Å²) < 4.78 is 11.2. The van der Waals surface area contributed by atoms with Gasteiger partial charge in [0, 0.05) is 13.1 Å². The Morgan fingerprint density at radius 3 is 2.53 bits per heavy atom. The molecular formula is C11H16N2O4. The molecule has 0 aliphatic carbocycles. The number of carbonyl (C=O) groups excluding carboxylic acids is 1. The van der Waals surface area contributed by atoms with Gasteiger partial charge < -0.3 is 14.2 Å². The number of rotatable bonds is 1. The monoisotopic (exact) mass is 240 g/mol. The Balaban J connectivity index is 2.27. The van der Waals surface area contributed by atoms with Crippen LogP contribution in [0.2, 0.25) is 0 Å². The highest BCUT2D eigenvalue weighted by Gasteiger charge is 2.23. The first kappa shape index (κ1) is 11.9. The Hall–Kier alpha value is -1.56. The first-order valence-corrected chi connectivity index (χ1v) is 5.74. The van der Waals surface area contributed by atoms with E-state index in [2.05, 4.69) is 0 Å². The summed E-state index contributed by atoms with van der Waals surface area (Å²) in [5.41, 5.74) is 0.729. The third kappa shape index (κ3) is 2.12. The molecule has 94 valence electrons. The van der Waals surface area contributed by atoms with Crippen LogP contribution in [0.4, 0.5) is 4.79 Å². The smallest absolute Gasteiger partial charge is 0.361 e. The SMILES string of the molecule is CCc1c(C)n(C(=O)N2CCOCC2)oc1=O. The van der Waals surface area contributed by atoms with Crippen molar-refractivity contribution >= 4 is 6.03 Å². The molecule has 1 aromatic rings. The summed E-state index contributed by atoms with van der Waals surface area (Å²) in [6, 6.07) is -0.289. The number of carbonyl (C=O) groups is 1. The molecule has 0 radical (unpaired) electrons. The van der Waals surface area contributed by atoms with E-state index >= 15 is 0 Å². The van der Waals surface area contributed by atoms with E-state index in [-0.39, 0.29) is 6.03 Å². The fourth-order valence-corrected chi connectivity index (χ4v) is 1.94. The first-order chi connectivity index (χ1) is 8.15. The number of amides is 1. The molecule has 1 saturated heterocycles. The van der Waals surface area contributed by atoms with Crippen molar-refractivity contribution in [1.29, 1.82) is 0 Å². The Kier molecular flexibility index (Phi) is 3.33. The summed E-state index contributed by atoms with van der Waals surface area (Å²) in [5, 5.41) is 0. The molecule has 2 rings (SSSR count). The fourth-order valence-electron chi connectivity index (χ4n) is 1.94. The van der Waals surface area contributed by atoms with E-state index in [1.54, 1.807) is 11.8 Å². The van der Waals surface area contributed by atoms with E-state index < -0.39 is 5.63 Å². The largest absolute Gasteiger partial charge is 0.378 e. The second kappa shape index (κ2) is 4.75. The maximum atomic E-state index is 12.1. The van der Waals surface area contributed by atoms with Crippen molar-refractivity contribution in [3.63, 3.8) is 0 Å². The van der Waals surface area contributed by atoms with Gasteiger partial charge in [0.2, 0.25) is 0 Å². The molecule has 0 saturated carbocycles. The molecule has 1 fully saturated rings. The molecule has 0 unspecified atom stereocenters. The predicted octanol–water partition coefficient (Wildman–Crippen LogP) is 0.612. The van der Waals surface area contributed by atoms with Crippen LogP contribution in [0.25, 0.3) is 0 Å². The predicted molar refractivity (Wildman–Crippen MR) is 60.3 cm³/mol. The molecule has 0 N–H and O–H groups in total. The van der Waals surface area contributed by atoms with Crippen molar-refractivity contribution in [2.45, 2.75) is 20.3 Å². The van der Waals surface area contributed by atoms with Crippen LogP contribution in [0.1, 0.15) is 18.2 Å². The van der Waals surface area contributed by atoms with Crippen LogP contribution in [0.5, 0.6) is 0 Å². The van der Waals surface area contributed by atoms with Gasteiger partial charge in [-0.1, -0.05) is 6.92 Å². The van der Waals surface area contributed by atoms with Crippen LogP contribution in [0, 0.1) is 6.92 Å². The molecule has 17 heavy (non-hydrogen) atoms. The molecule has 1 aliphatic heterocycles. The van der Waals surface area contributed by atoms with E-state index in [0.29, 0.717) is 44.0 Å². The number of hydrogen-bond donors (Lipinski definition) is 0. The Bertz CT molecular complexity index is 468. The van der Waals surface area contributed by atoms with Crippen LogP contribution >= 0.6 is 0 Å². The average molecular weight is 240 g/mol. The van der Waals surface area contributed by atoms with Gasteiger partial charge in [-0.2, -0.15) is 0 Å². The lowest BCUT2D eigenvalue weighted by Crippen LogP contribution is -2.43. The van der Waals surface area contributed by atoms with Crippen molar-refractivity contribution in [3.05, 3.63) is 21.7 Å². The third-order valence-electron chi connectivity index (χ3n) is 2.97. The van der Waals surface area contributed by atoms with E-state index in [9.17, 15) is 9.59 Å². The molecule has 1 aliphatic rings. The molecule has 0 bridgehead atoms. The lowest BCUT2D eigenvalue weighted by Gasteiger charge is -2.26. The summed E-state index contributed by atoms with van der Waals surface area (Å²) in [4.78, 5) is 25.2. The lowest BCUT2D eigenvalue weighted by atomic mass is 10.2. The van der Waals surface area contributed by atoms with Crippen molar-refractivity contribution in [3.8, 4) is 0 Å². The topological polar surface area (TPSA) is 64.7 Å². The average Bonchev–Trinajstić information content (AvgIpc) is 2.64. The second-order valence-electron chi connectivity index (χ2n) is 3.97. The highest BCUT2D eigenvalue weighted by Crippen LogP contribution is 2.08. The molecule has 6 nitrogen and oxygen atoms in total. The molecule has 0 aromatic carbocycles. The second-order valence-corrected chi connectivity index (χ2v) is 3.97. The van der Waals surface area contributed by atoms with E-state index in [1.165, 1.54) is 0 Å². The van der Waals surface area contributed by atoms with Gasteiger partial charge in [-0.05, 0) is 13.3 Å². The number of nitrogens with zero attached hydrogens (tertiary/aromatic N) is 2. The van der Waals surface area contributed by atoms with Gasteiger partial charge in [0.25, 0.3) is 0 Å². The molecule has 1 aromatic heterocycles. The van der Waals surface area contributed by atoms with Gasteiger partial charge in [-0.3, -0.25) is 0 Å². The Morgan fingerprint density at radius 2 is 2.00 bits per heavy atom. The zero-order chi connectivity index (χ0) is 12.4. The quantitative estimate of drug-likeness (QED) is 0.721. The Morgan fingerprint density at radius 1 is 1.35 bits per heavy atom. The normalized spacial score (nSPS) is 16.2. The minimum atomic E-state index is -0.424. The molecule has 2 heterocycles. The zero-order valence-corrected chi connectivity index (χ0v) is 10.1. The third-order valence-corrected chi connectivity index (χ3v) is 2.97. The summed E-state index contributed by atoms with van der Waals surface area (Å²) in [6.07, 6.45) is 0.567. The van der Waals surface area contributed by atoms with Crippen molar-refractivity contribution in [2.75, 3.05) is 26.3 Å². The summed E-state index contributed by atoms with van der Waals surface area (Å²) in [5.74, 6) is 0. The van der Waals surface area contributed by atoms with E-state index in [1.807, 2.05) is 6.92 Å². The van der Waals surface area contributed by atoms with Gasteiger partial charge in [0.1, 0.15) is 0 Å². The van der Waals surface area contributed by atoms with E-state index in [0.717, 1.165) is 4.74 Å². The van der Waals surface area contributed by atoms with Crippen molar-refractivity contribution in [1.82, 2.24) is 9.64 Å². The van der Waals surface area contributed by atoms with Crippen molar-refractivity contribution < 1.29 is 14.1 Å². The molecule has 0 spiro atoms. The van der Waals surface area contributed by atoms with Gasteiger partial charge in [0.05, 0.1) is 24.5 Å². The number of morpholine rings is 1. The van der Waals surface area contributed by atoms with Crippen LogP contribution in [0.3, 0.4) is 0 Å². The lowest BCUT2D eigenvalue weighted by molar-refractivity contribution is 0.0479. The standard InChI is InChI=1S/C11H16N2O4/c1-3-9-8(2)13(17-10(9)14)11(15)12-4-6-16-7-5-12/h3-7H2,1-2H3. The van der Waals surface area contributed by atoms with Crippen LogP contribution < -0.4 is 5.63 Å². The highest BCUT2D eigenvalue weighted by atomic mass is 16.5. The maximum Gasteiger partial charge on any atom is 0.361 e. The molecule has 1 amide bonds. The minimum Gasteiger partial charge on any atom is -0.378 e. The zero-order valence-electron chi connectivity index (χ0n) is 10.1. The number of ether oxygens (including phenoxy) is 1. The summed E-state index contributed by atoms with van der Waals surface area (Å²) in [7, 11) is 0. The van der Waals surface area contributed by atoms with Gasteiger partial charge in [-0.15, -0.1) is 4.74 Å². The van der Waals surface area contributed by atoms with E-state index in [4.69, 9.17) is 9.26 Å². The Labute approximate surface area is 98.7 Å². The van der Waals surface area contributed by atoms with Crippen LogP contribution in [0.15, 0.2) is 9.32 Å². The fraction of sp³-hybridized carbons (Fsp3) is 0.636. The summed E-state index contributed by atoms with van der Waals surface area (Å²) >= 11 is 0. The number of aromatic nitrogens is 1. The van der Waals surface area contributed by atoms with Gasteiger partial charge >= 0.3 is 11.7 Å². The van der Waals surface area contributed by atoms with Crippen molar-refractivity contribution in [2.24, 2.45) is 0 Å².